The van der Waals surface area contributed by atoms with Crippen LogP contribution in [0.15, 0.2) is 91.0 Å². The Hall–Kier alpha value is -5.69. The molecule has 4 rings (SSSR count). The summed E-state index contributed by atoms with van der Waals surface area (Å²) in [5.41, 5.74) is 0.871. The molecule has 2 amide bonds. The van der Waals surface area contributed by atoms with E-state index in [4.69, 9.17) is 42.0 Å². The van der Waals surface area contributed by atoms with Crippen LogP contribution in [0.5, 0.6) is 11.5 Å². The number of phosphoric ester groups is 1. The lowest BCUT2D eigenvalue weighted by Gasteiger charge is -2.45. The Balaban J connectivity index is 1.89. The van der Waals surface area contributed by atoms with Crippen LogP contribution in [0.2, 0.25) is 0 Å². The third-order valence-corrected chi connectivity index (χ3v) is 23.7. The van der Waals surface area contributed by atoms with E-state index >= 15 is 14.2 Å². The average molecular weight is 1660 g/mol. The smallest absolute Gasteiger partial charge is 0.462 e. The maximum Gasteiger partial charge on any atom is 0.588 e. The summed E-state index contributed by atoms with van der Waals surface area (Å²) in [5, 5.41) is 18.0. The van der Waals surface area contributed by atoms with Gasteiger partial charge < -0.3 is 53.2 Å². The molecule has 0 saturated carbocycles. The molecule has 0 unspecified atom stereocenters. The van der Waals surface area contributed by atoms with Gasteiger partial charge in [0.2, 0.25) is 11.8 Å². The number of hydrogen-bond acceptors (Lipinski definition) is 17. The molecule has 0 aromatic heterocycles. The molecular formula is C97H161N2O17P. The molecule has 1 aliphatic heterocycles. The van der Waals surface area contributed by atoms with Crippen molar-refractivity contribution in [3.63, 3.8) is 0 Å². The van der Waals surface area contributed by atoms with Crippen molar-refractivity contribution in [1.29, 1.82) is 0 Å². The number of hydrogen-bond donors (Lipinski definition) is 3. The first kappa shape index (κ1) is 104. The van der Waals surface area contributed by atoms with E-state index in [9.17, 15) is 24.3 Å². The third kappa shape index (κ3) is 51.0. The number of ether oxygens (including phenoxy) is 6. The van der Waals surface area contributed by atoms with Gasteiger partial charge in [-0.2, -0.15) is 0 Å². The van der Waals surface area contributed by atoms with E-state index in [1.165, 1.54) is 83.5 Å². The highest BCUT2D eigenvalue weighted by molar-refractivity contribution is 7.49. The van der Waals surface area contributed by atoms with Gasteiger partial charge in [0.1, 0.15) is 47.7 Å². The molecule has 0 aliphatic carbocycles. The number of benzene rings is 3. The summed E-state index contributed by atoms with van der Waals surface area (Å²) in [4.78, 5) is 88.2. The van der Waals surface area contributed by atoms with Crippen LogP contribution in [0, 0.1) is 5.92 Å². The van der Waals surface area contributed by atoms with Crippen molar-refractivity contribution in [2.75, 3.05) is 19.8 Å². The number of para-hydroxylation sites is 2. The number of carbonyl (C=O) groups excluding carboxylic acids is 6. The van der Waals surface area contributed by atoms with Gasteiger partial charge in [-0.05, 0) is 81.2 Å². The number of ketones is 1. The minimum Gasteiger partial charge on any atom is -0.462 e. The summed E-state index contributed by atoms with van der Waals surface area (Å²) in [7, 11) is -5.01. The summed E-state index contributed by atoms with van der Waals surface area (Å²) in [5.74, 6) is -3.26. The first-order valence-corrected chi connectivity index (χ1v) is 48.6. The van der Waals surface area contributed by atoms with Crippen LogP contribution in [0.25, 0.3) is 0 Å². The quantitative estimate of drug-likeness (QED) is 0.0206. The molecule has 117 heavy (non-hydrogen) atoms. The van der Waals surface area contributed by atoms with E-state index in [2.05, 4.69) is 52.2 Å². The van der Waals surface area contributed by atoms with E-state index in [1.807, 2.05) is 30.3 Å². The monoisotopic (exact) mass is 1660 g/mol. The molecule has 3 aromatic rings. The van der Waals surface area contributed by atoms with Crippen molar-refractivity contribution in [1.82, 2.24) is 10.6 Å². The van der Waals surface area contributed by atoms with Crippen LogP contribution in [-0.2, 0) is 72.9 Å². The molecule has 0 radical (unpaired) electrons. The molecule has 9 atom stereocenters. The second-order valence-corrected chi connectivity index (χ2v) is 34.6. The van der Waals surface area contributed by atoms with Crippen molar-refractivity contribution in [3.8, 4) is 11.5 Å². The van der Waals surface area contributed by atoms with E-state index in [-0.39, 0.29) is 81.6 Å². The fourth-order valence-corrected chi connectivity index (χ4v) is 16.8. The van der Waals surface area contributed by atoms with Crippen LogP contribution < -0.4 is 19.7 Å². The van der Waals surface area contributed by atoms with Crippen molar-refractivity contribution < 1.29 is 80.4 Å². The fraction of sp³-hybridized carbons (Fsp3) is 0.753. The van der Waals surface area contributed by atoms with E-state index in [0.29, 0.717) is 51.4 Å². The molecule has 666 valence electrons. The number of Topliss-reactive ketones (excluding diaryl/α,β-unsaturated/α-hetero) is 1. The molecule has 0 spiro atoms. The number of amides is 2. The Morgan fingerprint density at radius 2 is 0.795 bits per heavy atom. The summed E-state index contributed by atoms with van der Waals surface area (Å²) in [6.45, 7) is 12.0. The van der Waals surface area contributed by atoms with Crippen LogP contribution in [0.1, 0.15) is 394 Å². The summed E-state index contributed by atoms with van der Waals surface area (Å²) in [6.07, 6.45) is 39.4. The van der Waals surface area contributed by atoms with Gasteiger partial charge in [0.15, 0.2) is 12.4 Å². The van der Waals surface area contributed by atoms with E-state index in [1.54, 1.807) is 60.7 Å². The Morgan fingerprint density at radius 1 is 0.419 bits per heavy atom. The Bertz CT molecular complexity index is 2960. The SMILES string of the molecule is CCCCCCCCCCC[C@H](CC(=O)N[C@@H](COCc1ccccc1)CO[C@@H]1O[C@H](CO)[C@@H](OP(=O)(Oc2ccccc2)Oc2ccccc2)[C@H](OC(=O)C[C@@H](CCCCCCCCCCC)C(=O)CCCCCCCC)[C@H]1NC(=O)C[C@@H](CCCCCCCCCCC)OC(=O)CCCCCCCC)OC(=O)CCCCCCCC. The van der Waals surface area contributed by atoms with Gasteiger partial charge in [-0.15, -0.1) is 0 Å². The third-order valence-electron chi connectivity index (χ3n) is 22.3. The molecule has 0 bridgehead atoms. The average Bonchev–Trinajstić information content (AvgIpc) is 0.771. The minimum atomic E-state index is -5.01. The van der Waals surface area contributed by atoms with Gasteiger partial charge in [-0.1, -0.05) is 365 Å². The maximum absolute atomic E-state index is 15.9. The van der Waals surface area contributed by atoms with Gasteiger partial charge in [0.25, 0.3) is 0 Å². The highest BCUT2D eigenvalue weighted by atomic mass is 31.2. The number of unbranched alkanes of at least 4 members (excludes halogenated alkanes) is 39. The molecule has 3 aromatic carbocycles. The highest BCUT2D eigenvalue weighted by Gasteiger charge is 2.54. The molecule has 20 heteroatoms. The van der Waals surface area contributed by atoms with Gasteiger partial charge in [-0.25, -0.2) is 4.57 Å². The van der Waals surface area contributed by atoms with Gasteiger partial charge >= 0.3 is 25.7 Å². The Labute approximate surface area is 708 Å². The standard InChI is InChI=1S/C97H161N2O17P/c1-7-13-19-25-31-34-37-40-51-63-81(87(101)70-58-43-28-22-16-10-4)73-93(106)113-96-94(99-90(103)75-86(69-53-42-39-36-33-27-21-15-9-3)111-92(105)72-60-45-30-24-18-12-6)97(112-88(76-100)95(96)116-117(107,114-83-64-54-47-55-65-83)115-84-66-56-48-57-67-84)109-79-82(78-108-77-80-61-49-46-50-62-80)98-89(102)74-85(68-52-41-38-35-32-26-20-14-8-2)110-91(104)71-59-44-29-23-17-11-5/h46-50,54-57,61-62,64-67,81-82,85-86,88,94-97,100H,7-45,51-53,58-60,63,68-79H2,1-6H3,(H,98,102)(H,99,103)/t81-,82+,85-,86-,88-,94-,95-,96-,97-/m1/s1. The second-order valence-electron chi connectivity index (χ2n) is 33.1. The molecule has 19 nitrogen and oxygen atoms in total. The van der Waals surface area contributed by atoms with Gasteiger partial charge in [0.05, 0.1) is 51.7 Å². The van der Waals surface area contributed by atoms with Gasteiger partial charge in [0, 0.05) is 25.2 Å². The van der Waals surface area contributed by atoms with E-state index < -0.39 is 93.0 Å². The van der Waals surface area contributed by atoms with Gasteiger partial charge in [-0.3, -0.25) is 33.3 Å². The lowest BCUT2D eigenvalue weighted by molar-refractivity contribution is -0.272. The minimum absolute atomic E-state index is 0.0501. The predicted molar refractivity (Wildman–Crippen MR) is 470 cm³/mol. The largest absolute Gasteiger partial charge is 0.588 e. The molecule has 1 fully saturated rings. The predicted octanol–water partition coefficient (Wildman–Crippen LogP) is 24.7. The first-order valence-electron chi connectivity index (χ1n) is 47.1. The highest BCUT2D eigenvalue weighted by Crippen LogP contribution is 2.53. The lowest BCUT2D eigenvalue weighted by atomic mass is 9.90. The van der Waals surface area contributed by atoms with Crippen LogP contribution in [-0.4, -0.2) is 109 Å². The summed E-state index contributed by atoms with van der Waals surface area (Å²) >= 11 is 0. The van der Waals surface area contributed by atoms with Crippen LogP contribution in [0.4, 0.5) is 0 Å². The van der Waals surface area contributed by atoms with Crippen molar-refractivity contribution >= 4 is 43.3 Å². The number of rotatable bonds is 77. The van der Waals surface area contributed by atoms with Crippen molar-refractivity contribution in [2.45, 2.75) is 444 Å². The summed E-state index contributed by atoms with van der Waals surface area (Å²) < 4.78 is 74.5. The number of esters is 3. The van der Waals surface area contributed by atoms with Crippen molar-refractivity contribution in [3.05, 3.63) is 96.6 Å². The first-order chi connectivity index (χ1) is 57.2. The molecule has 3 N–H and O–H groups in total. The zero-order valence-corrected chi connectivity index (χ0v) is 74.7. The number of aliphatic hydroxyl groups excluding tert-OH is 1. The Morgan fingerprint density at radius 3 is 1.21 bits per heavy atom. The lowest BCUT2D eigenvalue weighted by Crippen LogP contribution is -2.66. The number of nitrogens with one attached hydrogen (secondary N) is 2. The molecule has 1 aliphatic rings. The number of carbonyl (C=O) groups is 6. The number of phosphoric acid groups is 1. The van der Waals surface area contributed by atoms with Crippen molar-refractivity contribution in [2.24, 2.45) is 5.92 Å². The second kappa shape index (κ2) is 68.9. The Kier molecular flexibility index (Phi) is 61.0. The normalized spacial score (nSPS) is 16.5. The fourth-order valence-electron chi connectivity index (χ4n) is 15.3. The van der Waals surface area contributed by atoms with E-state index in [0.717, 1.165) is 179 Å². The molecule has 1 saturated heterocycles. The van der Waals surface area contributed by atoms with Crippen LogP contribution >= 0.6 is 7.82 Å². The molecular weight excluding hydrogens is 1500 g/mol. The van der Waals surface area contributed by atoms with Crippen LogP contribution in [0.3, 0.4) is 0 Å². The maximum atomic E-state index is 15.9. The summed E-state index contributed by atoms with van der Waals surface area (Å²) in [6, 6.07) is 23.5. The zero-order chi connectivity index (χ0) is 84.3. The number of aliphatic hydroxyl groups is 1. The molecule has 1 heterocycles. The zero-order valence-electron chi connectivity index (χ0n) is 73.8. The topological polar surface area (TPSA) is 247 Å².